The van der Waals surface area contributed by atoms with Crippen molar-refractivity contribution in [3.05, 3.63) is 35.6 Å². The molecule has 0 unspecified atom stereocenters. The van der Waals surface area contributed by atoms with Crippen molar-refractivity contribution in [2.75, 3.05) is 39.9 Å². The lowest BCUT2D eigenvalue weighted by Crippen LogP contribution is -2.53. The molecule has 2 aliphatic heterocycles. The zero-order valence-corrected chi connectivity index (χ0v) is 14.5. The normalized spacial score (nSPS) is 20.7. The number of carbonyl (C=O) groups excluding carboxylic acids is 1. The first kappa shape index (κ1) is 17.4. The van der Waals surface area contributed by atoms with Crippen molar-refractivity contribution < 1.29 is 13.9 Å². The molecule has 24 heavy (non-hydrogen) atoms. The van der Waals surface area contributed by atoms with Gasteiger partial charge < -0.3 is 9.64 Å². The van der Waals surface area contributed by atoms with E-state index in [2.05, 4.69) is 4.90 Å². The Labute approximate surface area is 143 Å². The van der Waals surface area contributed by atoms with Crippen LogP contribution in [0, 0.1) is 5.82 Å². The van der Waals surface area contributed by atoms with Crippen LogP contribution in [-0.2, 0) is 4.74 Å². The van der Waals surface area contributed by atoms with Gasteiger partial charge in [-0.1, -0.05) is 6.07 Å². The molecular weight excluding hydrogens is 307 g/mol. The highest BCUT2D eigenvalue weighted by Crippen LogP contribution is 2.38. The van der Waals surface area contributed by atoms with Crippen LogP contribution in [0.4, 0.5) is 4.39 Å². The molecular formula is C19H27FN2O2. The van der Waals surface area contributed by atoms with E-state index >= 15 is 0 Å². The predicted molar refractivity (Wildman–Crippen MR) is 91.6 cm³/mol. The van der Waals surface area contributed by atoms with E-state index in [1.165, 1.54) is 25.0 Å². The highest BCUT2D eigenvalue weighted by Gasteiger charge is 2.43. The van der Waals surface area contributed by atoms with Crippen LogP contribution < -0.4 is 0 Å². The topological polar surface area (TPSA) is 32.8 Å². The fourth-order valence-electron chi connectivity index (χ4n) is 4.24. The number of hydrogen-bond acceptors (Lipinski definition) is 3. The lowest BCUT2D eigenvalue weighted by Gasteiger charge is -2.45. The summed E-state index contributed by atoms with van der Waals surface area (Å²) in [5, 5.41) is 0. The zero-order valence-electron chi connectivity index (χ0n) is 14.5. The summed E-state index contributed by atoms with van der Waals surface area (Å²) < 4.78 is 18.5. The Balaban J connectivity index is 1.59. The van der Waals surface area contributed by atoms with Crippen molar-refractivity contribution in [2.45, 2.75) is 37.6 Å². The van der Waals surface area contributed by atoms with Crippen molar-refractivity contribution in [3.63, 3.8) is 0 Å². The highest BCUT2D eigenvalue weighted by atomic mass is 19.1. The third-order valence-electron chi connectivity index (χ3n) is 5.57. The van der Waals surface area contributed by atoms with Crippen LogP contribution in [0.3, 0.4) is 0 Å². The van der Waals surface area contributed by atoms with Gasteiger partial charge in [0.05, 0.1) is 0 Å². The molecule has 1 spiro atoms. The van der Waals surface area contributed by atoms with Crippen LogP contribution in [0.5, 0.6) is 0 Å². The van der Waals surface area contributed by atoms with E-state index in [1.54, 1.807) is 19.2 Å². The van der Waals surface area contributed by atoms with Crippen molar-refractivity contribution >= 4 is 5.91 Å². The molecule has 2 fully saturated rings. The summed E-state index contributed by atoms with van der Waals surface area (Å²) in [4.78, 5) is 17.1. The second-order valence-electron chi connectivity index (χ2n) is 6.96. The lowest BCUT2D eigenvalue weighted by molar-refractivity contribution is 0.0382. The van der Waals surface area contributed by atoms with Gasteiger partial charge in [-0.15, -0.1) is 0 Å². The Bertz CT molecular complexity index is 570. The van der Waals surface area contributed by atoms with Gasteiger partial charge in [-0.2, -0.15) is 0 Å². The minimum Gasteiger partial charge on any atom is -0.385 e. The minimum absolute atomic E-state index is 0.0479. The zero-order chi connectivity index (χ0) is 17.0. The molecule has 0 aromatic heterocycles. The molecule has 1 aromatic rings. The van der Waals surface area contributed by atoms with Gasteiger partial charge in [0.1, 0.15) is 5.82 Å². The van der Waals surface area contributed by atoms with Crippen LogP contribution in [0.2, 0.25) is 0 Å². The van der Waals surface area contributed by atoms with Crippen molar-refractivity contribution in [2.24, 2.45) is 0 Å². The van der Waals surface area contributed by atoms with Crippen LogP contribution in [0.15, 0.2) is 24.3 Å². The molecule has 0 N–H and O–H groups in total. The maximum atomic E-state index is 13.3. The summed E-state index contributed by atoms with van der Waals surface area (Å²) in [6.45, 7) is 4.55. The number of amides is 1. The van der Waals surface area contributed by atoms with E-state index in [-0.39, 0.29) is 17.3 Å². The summed E-state index contributed by atoms with van der Waals surface area (Å²) >= 11 is 0. The maximum Gasteiger partial charge on any atom is 0.253 e. The fourth-order valence-corrected chi connectivity index (χ4v) is 4.24. The third-order valence-corrected chi connectivity index (χ3v) is 5.57. The van der Waals surface area contributed by atoms with Gasteiger partial charge in [0, 0.05) is 44.5 Å². The monoisotopic (exact) mass is 334 g/mol. The van der Waals surface area contributed by atoms with Gasteiger partial charge in [0.15, 0.2) is 0 Å². The molecule has 2 saturated heterocycles. The molecule has 2 aliphatic rings. The lowest BCUT2D eigenvalue weighted by atomic mass is 9.84. The number of piperidine rings is 1. The molecule has 1 amide bonds. The van der Waals surface area contributed by atoms with E-state index < -0.39 is 0 Å². The molecule has 0 aliphatic carbocycles. The number of hydrogen-bond donors (Lipinski definition) is 0. The van der Waals surface area contributed by atoms with Crippen LogP contribution in [0.25, 0.3) is 0 Å². The largest absolute Gasteiger partial charge is 0.385 e. The number of carbonyl (C=O) groups is 1. The van der Waals surface area contributed by atoms with E-state index in [1.807, 2.05) is 4.90 Å². The molecule has 5 heteroatoms. The van der Waals surface area contributed by atoms with Gasteiger partial charge in [0.2, 0.25) is 0 Å². The van der Waals surface area contributed by atoms with Crippen molar-refractivity contribution in [1.82, 2.24) is 9.80 Å². The number of ether oxygens (including phenoxy) is 1. The smallest absolute Gasteiger partial charge is 0.253 e. The summed E-state index contributed by atoms with van der Waals surface area (Å²) in [6, 6.07) is 6.00. The molecule has 0 saturated carbocycles. The standard InChI is InChI=1S/C19H27FN2O2/c1-24-14-4-11-22-10-3-7-19(22)8-12-21(13-9-19)18(23)16-5-2-6-17(20)15-16/h2,5-6,15H,3-4,7-14H2,1H3. The Morgan fingerprint density at radius 2 is 2.04 bits per heavy atom. The predicted octanol–water partition coefficient (Wildman–Crippen LogP) is 2.93. The van der Waals surface area contributed by atoms with E-state index in [4.69, 9.17) is 4.74 Å². The summed E-state index contributed by atoms with van der Waals surface area (Å²) in [6.07, 6.45) is 5.55. The van der Waals surface area contributed by atoms with E-state index in [9.17, 15) is 9.18 Å². The Hall–Kier alpha value is -1.46. The number of rotatable bonds is 5. The summed E-state index contributed by atoms with van der Waals surface area (Å²) in [7, 11) is 1.75. The van der Waals surface area contributed by atoms with Gasteiger partial charge in [-0.25, -0.2) is 4.39 Å². The third kappa shape index (κ3) is 3.62. The minimum atomic E-state index is -0.352. The first-order valence-electron chi connectivity index (χ1n) is 8.93. The van der Waals surface area contributed by atoms with Crippen LogP contribution in [0.1, 0.15) is 42.5 Å². The van der Waals surface area contributed by atoms with Gasteiger partial charge in [-0.05, 0) is 56.8 Å². The second kappa shape index (κ2) is 7.62. The van der Waals surface area contributed by atoms with E-state index in [0.29, 0.717) is 5.56 Å². The highest BCUT2D eigenvalue weighted by molar-refractivity contribution is 5.94. The molecule has 0 radical (unpaired) electrons. The maximum absolute atomic E-state index is 13.3. The average molecular weight is 334 g/mol. The molecule has 4 nitrogen and oxygen atoms in total. The second-order valence-corrected chi connectivity index (χ2v) is 6.96. The Morgan fingerprint density at radius 3 is 2.75 bits per heavy atom. The Kier molecular flexibility index (Phi) is 5.51. The number of benzene rings is 1. The molecule has 1 aromatic carbocycles. The van der Waals surface area contributed by atoms with Gasteiger partial charge >= 0.3 is 0 Å². The fraction of sp³-hybridized carbons (Fsp3) is 0.632. The van der Waals surface area contributed by atoms with Crippen molar-refractivity contribution in [3.8, 4) is 0 Å². The quantitative estimate of drug-likeness (QED) is 0.776. The molecule has 3 rings (SSSR count). The summed E-state index contributed by atoms with van der Waals surface area (Å²) in [5.41, 5.74) is 0.709. The Morgan fingerprint density at radius 1 is 1.25 bits per heavy atom. The number of halogens is 1. The molecule has 132 valence electrons. The SMILES string of the molecule is COCCCN1CCCC12CCN(C(=O)c1cccc(F)c1)CC2. The number of nitrogens with zero attached hydrogens (tertiary/aromatic N) is 2. The average Bonchev–Trinajstić information content (AvgIpc) is 2.97. The first-order valence-corrected chi connectivity index (χ1v) is 8.93. The van der Waals surface area contributed by atoms with Gasteiger partial charge in [0.25, 0.3) is 5.91 Å². The van der Waals surface area contributed by atoms with E-state index in [0.717, 1.165) is 52.0 Å². The van der Waals surface area contributed by atoms with Crippen LogP contribution >= 0.6 is 0 Å². The number of likely N-dealkylation sites (tertiary alicyclic amines) is 2. The van der Waals surface area contributed by atoms with Crippen LogP contribution in [-0.4, -0.2) is 61.1 Å². The molecule has 0 atom stereocenters. The van der Waals surface area contributed by atoms with Gasteiger partial charge in [-0.3, -0.25) is 9.69 Å². The molecule has 2 heterocycles. The summed E-state index contributed by atoms with van der Waals surface area (Å²) in [5.74, 6) is -0.400. The molecule has 0 bridgehead atoms. The number of methoxy groups -OCH3 is 1. The first-order chi connectivity index (χ1) is 11.6. The van der Waals surface area contributed by atoms with Crippen molar-refractivity contribution in [1.29, 1.82) is 0 Å².